The van der Waals surface area contributed by atoms with Crippen LogP contribution in [-0.4, -0.2) is 20.3 Å². The first kappa shape index (κ1) is 14.4. The van der Waals surface area contributed by atoms with Crippen molar-refractivity contribution >= 4 is 21.6 Å². The third-order valence-electron chi connectivity index (χ3n) is 2.34. The number of rotatable bonds is 5. The van der Waals surface area contributed by atoms with Crippen molar-refractivity contribution in [1.29, 1.82) is 0 Å². The molecule has 0 spiro atoms. The molecule has 1 aromatic rings. The molecule has 17 heavy (non-hydrogen) atoms. The van der Waals surface area contributed by atoms with Crippen molar-refractivity contribution in [2.75, 3.05) is 5.88 Å². The van der Waals surface area contributed by atoms with Crippen molar-refractivity contribution in [3.63, 3.8) is 0 Å². The van der Waals surface area contributed by atoms with Gasteiger partial charge >= 0.3 is 0 Å². The number of nitrogens with one attached hydrogen (secondary N) is 1. The number of benzene rings is 1. The number of hydrogen-bond donors (Lipinski definition) is 1. The van der Waals surface area contributed by atoms with Crippen LogP contribution in [-0.2, 0) is 10.0 Å². The summed E-state index contributed by atoms with van der Waals surface area (Å²) in [5, 5.41) is 0. The van der Waals surface area contributed by atoms with Gasteiger partial charge in [-0.05, 0) is 38.0 Å². The Morgan fingerprint density at radius 1 is 1.47 bits per heavy atom. The Kier molecular flexibility index (Phi) is 4.91. The van der Waals surface area contributed by atoms with E-state index in [2.05, 4.69) is 4.72 Å². The maximum atomic E-state index is 13.0. The van der Waals surface area contributed by atoms with E-state index in [1.807, 2.05) is 0 Å². The Labute approximate surface area is 106 Å². The molecule has 0 aliphatic carbocycles. The number of hydrogen-bond acceptors (Lipinski definition) is 2. The Balaban J connectivity index is 3.01. The van der Waals surface area contributed by atoms with Crippen LogP contribution in [0, 0.1) is 12.7 Å². The molecule has 6 heteroatoms. The highest BCUT2D eigenvalue weighted by atomic mass is 35.5. The van der Waals surface area contributed by atoms with E-state index in [1.54, 1.807) is 13.8 Å². The average Bonchev–Trinajstić information content (AvgIpc) is 2.21. The van der Waals surface area contributed by atoms with Gasteiger partial charge in [0.05, 0.1) is 4.90 Å². The molecule has 0 saturated heterocycles. The Hall–Kier alpha value is -0.650. The first-order chi connectivity index (χ1) is 7.86. The van der Waals surface area contributed by atoms with E-state index in [0.717, 1.165) is 6.07 Å². The first-order valence-corrected chi connectivity index (χ1v) is 7.23. The monoisotopic (exact) mass is 279 g/mol. The van der Waals surface area contributed by atoms with E-state index < -0.39 is 15.8 Å². The summed E-state index contributed by atoms with van der Waals surface area (Å²) in [6.07, 6.45) is 0.523. The molecule has 1 atom stereocenters. The number of alkyl halides is 1. The zero-order valence-corrected chi connectivity index (χ0v) is 11.3. The predicted octanol–water partition coefficient (Wildman–Crippen LogP) is 2.43. The maximum absolute atomic E-state index is 13.0. The zero-order valence-electron chi connectivity index (χ0n) is 9.70. The number of halogens is 2. The summed E-state index contributed by atoms with van der Waals surface area (Å²) >= 11 is 5.53. The minimum absolute atomic E-state index is 0.0288. The van der Waals surface area contributed by atoms with Gasteiger partial charge in [-0.3, -0.25) is 0 Å². The average molecular weight is 280 g/mol. The van der Waals surface area contributed by atoms with Crippen LogP contribution in [0.25, 0.3) is 0 Å². The summed E-state index contributed by atoms with van der Waals surface area (Å²) in [6.45, 7) is 3.34. The molecule has 0 saturated carbocycles. The normalized spacial score (nSPS) is 13.6. The van der Waals surface area contributed by atoms with E-state index >= 15 is 0 Å². The third-order valence-corrected chi connectivity index (χ3v) is 4.29. The van der Waals surface area contributed by atoms with Crippen LogP contribution in [0.4, 0.5) is 4.39 Å². The Bertz CT molecular complexity index is 490. The van der Waals surface area contributed by atoms with Crippen molar-refractivity contribution in [2.45, 2.75) is 31.2 Å². The summed E-state index contributed by atoms with van der Waals surface area (Å²) in [4.78, 5) is -0.0288. The quantitative estimate of drug-likeness (QED) is 0.842. The smallest absolute Gasteiger partial charge is 0.208 e. The first-order valence-electron chi connectivity index (χ1n) is 5.21. The van der Waals surface area contributed by atoms with Crippen molar-refractivity contribution in [2.24, 2.45) is 0 Å². The lowest BCUT2D eigenvalue weighted by Crippen LogP contribution is -2.33. The van der Waals surface area contributed by atoms with Gasteiger partial charge in [0, 0.05) is 11.9 Å². The van der Waals surface area contributed by atoms with Gasteiger partial charge in [-0.15, -0.1) is 11.6 Å². The SMILES string of the molecule is Cc1ccc(F)cc1S(=O)(=O)NC(C)CCCl. The lowest BCUT2D eigenvalue weighted by atomic mass is 10.2. The summed E-state index contributed by atoms with van der Waals surface area (Å²) < 4.78 is 39.5. The Morgan fingerprint density at radius 3 is 2.71 bits per heavy atom. The minimum Gasteiger partial charge on any atom is -0.208 e. The van der Waals surface area contributed by atoms with Crippen molar-refractivity contribution < 1.29 is 12.8 Å². The van der Waals surface area contributed by atoms with E-state index in [9.17, 15) is 12.8 Å². The lowest BCUT2D eigenvalue weighted by Gasteiger charge is -2.14. The number of aryl methyl sites for hydroxylation is 1. The summed E-state index contributed by atoms with van der Waals surface area (Å²) in [6, 6.07) is 3.41. The van der Waals surface area contributed by atoms with E-state index in [1.165, 1.54) is 12.1 Å². The Morgan fingerprint density at radius 2 is 2.12 bits per heavy atom. The van der Waals surface area contributed by atoms with Gasteiger partial charge in [0.25, 0.3) is 0 Å². The van der Waals surface area contributed by atoms with Crippen LogP contribution in [0.3, 0.4) is 0 Å². The second-order valence-electron chi connectivity index (χ2n) is 3.91. The molecule has 0 radical (unpaired) electrons. The van der Waals surface area contributed by atoms with Gasteiger partial charge < -0.3 is 0 Å². The van der Waals surface area contributed by atoms with Crippen LogP contribution in [0.2, 0.25) is 0 Å². The molecule has 1 unspecified atom stereocenters. The highest BCUT2D eigenvalue weighted by Crippen LogP contribution is 2.16. The second-order valence-corrected chi connectivity index (χ2v) is 5.97. The largest absolute Gasteiger partial charge is 0.241 e. The van der Waals surface area contributed by atoms with Gasteiger partial charge in [0.1, 0.15) is 5.82 Å². The van der Waals surface area contributed by atoms with Gasteiger partial charge in [-0.1, -0.05) is 6.07 Å². The molecule has 96 valence electrons. The van der Waals surface area contributed by atoms with E-state index in [0.29, 0.717) is 17.9 Å². The zero-order chi connectivity index (χ0) is 13.1. The van der Waals surface area contributed by atoms with Gasteiger partial charge in [-0.25, -0.2) is 17.5 Å². The van der Waals surface area contributed by atoms with Crippen LogP contribution in [0.15, 0.2) is 23.1 Å². The molecule has 0 bridgehead atoms. The third kappa shape index (κ3) is 3.94. The van der Waals surface area contributed by atoms with E-state index in [-0.39, 0.29) is 10.9 Å². The molecule has 0 fully saturated rings. The molecule has 0 aliphatic rings. The van der Waals surface area contributed by atoms with Crippen LogP contribution in [0.1, 0.15) is 18.9 Å². The molecule has 0 amide bonds. The van der Waals surface area contributed by atoms with Crippen LogP contribution >= 0.6 is 11.6 Å². The predicted molar refractivity (Wildman–Crippen MR) is 66.3 cm³/mol. The van der Waals surface area contributed by atoms with Crippen molar-refractivity contribution in [1.82, 2.24) is 4.72 Å². The molecule has 0 aromatic heterocycles. The molecular weight excluding hydrogens is 265 g/mol. The standard InChI is InChI=1S/C11H15ClFNO2S/c1-8-3-4-10(13)7-11(8)17(15,16)14-9(2)5-6-12/h3-4,7,9,14H,5-6H2,1-2H3. The molecular formula is C11H15ClFNO2S. The van der Waals surface area contributed by atoms with Gasteiger partial charge in [0.2, 0.25) is 10.0 Å². The molecule has 0 aliphatic heterocycles. The summed E-state index contributed by atoms with van der Waals surface area (Å²) in [7, 11) is -3.68. The molecule has 3 nitrogen and oxygen atoms in total. The van der Waals surface area contributed by atoms with Gasteiger partial charge in [0.15, 0.2) is 0 Å². The fourth-order valence-corrected chi connectivity index (χ4v) is 3.28. The van der Waals surface area contributed by atoms with Crippen LogP contribution < -0.4 is 4.72 Å². The topological polar surface area (TPSA) is 46.2 Å². The lowest BCUT2D eigenvalue weighted by molar-refractivity contribution is 0.553. The summed E-state index contributed by atoms with van der Waals surface area (Å²) in [5.74, 6) is -0.202. The maximum Gasteiger partial charge on any atom is 0.241 e. The molecule has 1 rings (SSSR count). The highest BCUT2D eigenvalue weighted by molar-refractivity contribution is 7.89. The highest BCUT2D eigenvalue weighted by Gasteiger charge is 2.19. The number of sulfonamides is 1. The molecule has 0 heterocycles. The minimum atomic E-state index is -3.68. The van der Waals surface area contributed by atoms with Gasteiger partial charge in [-0.2, -0.15) is 0 Å². The molecule has 1 N–H and O–H groups in total. The van der Waals surface area contributed by atoms with Crippen molar-refractivity contribution in [3.05, 3.63) is 29.6 Å². The fraction of sp³-hybridized carbons (Fsp3) is 0.455. The van der Waals surface area contributed by atoms with Crippen molar-refractivity contribution in [3.8, 4) is 0 Å². The van der Waals surface area contributed by atoms with Crippen LogP contribution in [0.5, 0.6) is 0 Å². The van der Waals surface area contributed by atoms with E-state index in [4.69, 9.17) is 11.6 Å². The second kappa shape index (κ2) is 5.80. The fourth-order valence-electron chi connectivity index (χ4n) is 1.41. The summed E-state index contributed by atoms with van der Waals surface area (Å²) in [5.41, 5.74) is 0.511. The molecule has 1 aromatic carbocycles.